The molecule has 0 radical (unpaired) electrons. The number of allylic oxidation sites excluding steroid dienone is 4. The van der Waals surface area contributed by atoms with Crippen LogP contribution in [0, 0.1) is 0 Å². The van der Waals surface area contributed by atoms with Gasteiger partial charge in [0, 0.05) is 11.1 Å². The van der Waals surface area contributed by atoms with Crippen LogP contribution in [0.5, 0.6) is 5.75 Å². The van der Waals surface area contributed by atoms with E-state index in [0.717, 1.165) is 23.3 Å². The molecule has 8 rings (SSSR count). The van der Waals surface area contributed by atoms with Crippen LogP contribution in [-0.4, -0.2) is 0 Å². The Bertz CT molecular complexity index is 2220. The number of rotatable bonds is 3. The molecule has 1 aliphatic rings. The molecule has 0 atom stereocenters. The second-order valence-corrected chi connectivity index (χ2v) is 11.3. The van der Waals surface area contributed by atoms with Crippen molar-refractivity contribution in [1.29, 1.82) is 0 Å². The van der Waals surface area contributed by atoms with Gasteiger partial charge in [-0.3, -0.25) is 0 Å². The molecule has 0 unspecified atom stereocenters. The maximum Gasteiger partial charge on any atom is 0.138 e. The first-order valence-corrected chi connectivity index (χ1v) is 15.1. The summed E-state index contributed by atoms with van der Waals surface area (Å²) in [4.78, 5) is 0. The van der Waals surface area contributed by atoms with Gasteiger partial charge in [-0.1, -0.05) is 158 Å². The molecule has 7 aromatic carbocycles. The standard InChI is InChI=1S/C43H30O/c1-29-13-3-2-4-15-33-17-12-24-40(43(33)44-29)42-38-21-9-7-19-36(38)41(37-20-8-10-22-39(37)42)32-27-25-31(26-28-32)35-23-11-16-30-14-5-6-18-34(30)35/h2-14,16-28H,1,15H2/b4-2-,13-3-. The lowest BCUT2D eigenvalue weighted by atomic mass is 9.85. The van der Waals surface area contributed by atoms with Crippen LogP contribution in [0.4, 0.5) is 0 Å². The van der Waals surface area contributed by atoms with Crippen LogP contribution in [-0.2, 0) is 6.42 Å². The molecule has 1 aliphatic heterocycles. The van der Waals surface area contributed by atoms with Gasteiger partial charge in [-0.25, -0.2) is 0 Å². The van der Waals surface area contributed by atoms with E-state index in [0.29, 0.717) is 5.76 Å². The number of hydrogen-bond acceptors (Lipinski definition) is 1. The van der Waals surface area contributed by atoms with Crippen molar-refractivity contribution in [1.82, 2.24) is 0 Å². The van der Waals surface area contributed by atoms with Crippen molar-refractivity contribution >= 4 is 32.3 Å². The van der Waals surface area contributed by atoms with Crippen molar-refractivity contribution < 1.29 is 4.74 Å². The third-order valence-corrected chi connectivity index (χ3v) is 8.67. The fourth-order valence-electron chi connectivity index (χ4n) is 6.69. The summed E-state index contributed by atoms with van der Waals surface area (Å²) >= 11 is 0. The van der Waals surface area contributed by atoms with E-state index in [2.05, 4.69) is 152 Å². The lowest BCUT2D eigenvalue weighted by molar-refractivity contribution is 0.444. The quantitative estimate of drug-likeness (QED) is 0.195. The van der Waals surface area contributed by atoms with Gasteiger partial charge in [0.1, 0.15) is 11.5 Å². The fourth-order valence-corrected chi connectivity index (χ4v) is 6.69. The van der Waals surface area contributed by atoms with E-state index in [9.17, 15) is 0 Å². The Balaban J connectivity index is 1.36. The average Bonchev–Trinajstić information content (AvgIpc) is 3.17. The number of ether oxygens (including phenoxy) is 1. The second-order valence-electron chi connectivity index (χ2n) is 11.3. The zero-order valence-electron chi connectivity index (χ0n) is 24.3. The van der Waals surface area contributed by atoms with Crippen molar-refractivity contribution in [2.24, 2.45) is 0 Å². The molecule has 0 saturated carbocycles. The molecular formula is C43H30O. The highest BCUT2D eigenvalue weighted by atomic mass is 16.5. The summed E-state index contributed by atoms with van der Waals surface area (Å²) in [7, 11) is 0. The molecule has 208 valence electrons. The van der Waals surface area contributed by atoms with Crippen LogP contribution in [0.1, 0.15) is 5.56 Å². The molecule has 0 spiro atoms. The number of hydrogen-bond donors (Lipinski definition) is 0. The maximum absolute atomic E-state index is 6.48. The molecule has 0 bridgehead atoms. The monoisotopic (exact) mass is 562 g/mol. The Hall–Kier alpha value is -5.66. The third-order valence-electron chi connectivity index (χ3n) is 8.67. The molecule has 0 amide bonds. The van der Waals surface area contributed by atoms with E-state index in [1.54, 1.807) is 0 Å². The molecule has 44 heavy (non-hydrogen) atoms. The van der Waals surface area contributed by atoms with Gasteiger partial charge in [-0.2, -0.15) is 0 Å². The minimum atomic E-state index is 0.627. The largest absolute Gasteiger partial charge is 0.457 e. The van der Waals surface area contributed by atoms with Crippen LogP contribution >= 0.6 is 0 Å². The van der Waals surface area contributed by atoms with E-state index in [4.69, 9.17) is 4.74 Å². The third kappa shape index (κ3) is 4.42. The number of benzene rings is 7. The average molecular weight is 563 g/mol. The molecule has 1 nitrogen and oxygen atoms in total. The summed E-state index contributed by atoms with van der Waals surface area (Å²) in [6.45, 7) is 4.17. The molecule has 1 heterocycles. The molecular weight excluding hydrogens is 532 g/mol. The Morgan fingerprint density at radius 3 is 1.77 bits per heavy atom. The van der Waals surface area contributed by atoms with Gasteiger partial charge in [0.2, 0.25) is 0 Å². The topological polar surface area (TPSA) is 9.23 Å². The zero-order chi connectivity index (χ0) is 29.5. The fraction of sp³-hybridized carbons (Fsp3) is 0.0233. The van der Waals surface area contributed by atoms with Crippen molar-refractivity contribution in [3.63, 3.8) is 0 Å². The van der Waals surface area contributed by atoms with Crippen molar-refractivity contribution in [2.75, 3.05) is 0 Å². The highest BCUT2D eigenvalue weighted by Gasteiger charge is 2.21. The number of para-hydroxylation sites is 1. The van der Waals surface area contributed by atoms with Crippen molar-refractivity contribution in [2.45, 2.75) is 6.42 Å². The molecule has 0 aromatic heterocycles. The van der Waals surface area contributed by atoms with Crippen LogP contribution in [0.3, 0.4) is 0 Å². The first-order valence-electron chi connectivity index (χ1n) is 15.1. The van der Waals surface area contributed by atoms with Gasteiger partial charge in [0.05, 0.1) is 0 Å². The van der Waals surface area contributed by atoms with Gasteiger partial charge in [-0.15, -0.1) is 0 Å². The summed E-state index contributed by atoms with van der Waals surface area (Å²) < 4.78 is 6.48. The maximum atomic E-state index is 6.48. The summed E-state index contributed by atoms with van der Waals surface area (Å²) in [6, 6.07) is 48.2. The minimum absolute atomic E-state index is 0.627. The lowest BCUT2D eigenvalue weighted by Crippen LogP contribution is -1.99. The van der Waals surface area contributed by atoms with Gasteiger partial charge < -0.3 is 4.74 Å². The molecule has 7 aromatic rings. The Morgan fingerprint density at radius 2 is 1.05 bits per heavy atom. The molecule has 0 N–H and O–H groups in total. The molecule has 0 fully saturated rings. The van der Waals surface area contributed by atoms with E-state index >= 15 is 0 Å². The predicted octanol–water partition coefficient (Wildman–Crippen LogP) is 11.7. The Morgan fingerprint density at radius 1 is 0.477 bits per heavy atom. The van der Waals surface area contributed by atoms with Crippen LogP contribution in [0.15, 0.2) is 170 Å². The van der Waals surface area contributed by atoms with E-state index < -0.39 is 0 Å². The summed E-state index contributed by atoms with van der Waals surface area (Å²) in [6.07, 6.45) is 8.92. The summed E-state index contributed by atoms with van der Waals surface area (Å²) in [5.74, 6) is 1.50. The first-order chi connectivity index (χ1) is 21.8. The van der Waals surface area contributed by atoms with Gasteiger partial charge in [-0.05, 0) is 72.6 Å². The van der Waals surface area contributed by atoms with Crippen LogP contribution in [0.25, 0.3) is 65.7 Å². The highest BCUT2D eigenvalue weighted by molar-refractivity contribution is 6.22. The zero-order valence-corrected chi connectivity index (χ0v) is 24.3. The van der Waals surface area contributed by atoms with Crippen LogP contribution < -0.4 is 4.74 Å². The number of fused-ring (bicyclic) bond motifs is 4. The predicted molar refractivity (Wildman–Crippen MR) is 187 cm³/mol. The molecule has 1 heteroatoms. The van der Waals surface area contributed by atoms with Crippen molar-refractivity contribution in [3.8, 4) is 39.1 Å². The Kier molecular flexibility index (Phi) is 6.43. The second kappa shape index (κ2) is 10.9. The van der Waals surface area contributed by atoms with E-state index in [1.165, 1.54) is 60.1 Å². The van der Waals surface area contributed by atoms with Crippen molar-refractivity contribution in [3.05, 3.63) is 176 Å². The van der Waals surface area contributed by atoms with E-state index in [1.807, 2.05) is 12.2 Å². The Labute approximate surface area is 257 Å². The van der Waals surface area contributed by atoms with Gasteiger partial charge >= 0.3 is 0 Å². The van der Waals surface area contributed by atoms with Gasteiger partial charge in [0.25, 0.3) is 0 Å². The summed E-state index contributed by atoms with van der Waals surface area (Å²) in [5, 5.41) is 7.37. The highest BCUT2D eigenvalue weighted by Crippen LogP contribution is 2.47. The van der Waals surface area contributed by atoms with E-state index in [-0.39, 0.29) is 0 Å². The lowest BCUT2D eigenvalue weighted by Gasteiger charge is -2.21. The van der Waals surface area contributed by atoms with Gasteiger partial charge in [0.15, 0.2) is 0 Å². The first kappa shape index (κ1) is 26.0. The normalized spacial score (nSPS) is 14.4. The molecule has 0 aliphatic carbocycles. The minimum Gasteiger partial charge on any atom is -0.457 e. The molecule has 0 saturated heterocycles. The SMILES string of the molecule is C=C1/C=C\C=C/Cc2cccc(-c3c4ccccc4c(-c4ccc(-c5cccc6ccccc56)cc4)c4ccccc34)c2O1. The summed E-state index contributed by atoms with van der Waals surface area (Å²) in [5.41, 5.74) is 8.33. The van der Waals surface area contributed by atoms with Crippen LogP contribution in [0.2, 0.25) is 0 Å². The smallest absolute Gasteiger partial charge is 0.138 e.